The van der Waals surface area contributed by atoms with Gasteiger partial charge in [-0.2, -0.15) is 0 Å². The maximum absolute atomic E-state index is 9.11. The second-order valence-electron chi connectivity index (χ2n) is 5.90. The van der Waals surface area contributed by atoms with E-state index in [0.29, 0.717) is 12.5 Å². The molecule has 2 heteroatoms. The lowest BCUT2D eigenvalue weighted by atomic mass is 9.96. The number of hydrogen-bond acceptors (Lipinski definition) is 2. The summed E-state index contributed by atoms with van der Waals surface area (Å²) in [7, 11) is 0. The van der Waals surface area contributed by atoms with Crippen molar-refractivity contribution < 1.29 is 5.11 Å². The number of aliphatic hydroxyl groups excluding tert-OH is 1. The van der Waals surface area contributed by atoms with Crippen molar-refractivity contribution in [3.8, 4) is 0 Å². The molecular formula is C16H25NO. The van der Waals surface area contributed by atoms with Crippen LogP contribution in [0.2, 0.25) is 0 Å². The van der Waals surface area contributed by atoms with Crippen molar-refractivity contribution in [1.29, 1.82) is 0 Å². The second-order valence-corrected chi connectivity index (χ2v) is 5.90. The van der Waals surface area contributed by atoms with Crippen LogP contribution in [0.4, 0.5) is 0 Å². The minimum atomic E-state index is 0.328. The first kappa shape index (κ1) is 13.6. The molecule has 1 N–H and O–H groups in total. The lowest BCUT2D eigenvalue weighted by Crippen LogP contribution is -2.21. The first-order valence-corrected chi connectivity index (χ1v) is 7.06. The van der Waals surface area contributed by atoms with E-state index < -0.39 is 0 Å². The van der Waals surface area contributed by atoms with Crippen LogP contribution in [0.5, 0.6) is 0 Å². The molecule has 2 atom stereocenters. The second kappa shape index (κ2) is 6.35. The topological polar surface area (TPSA) is 23.5 Å². The maximum atomic E-state index is 9.11. The number of benzene rings is 1. The Morgan fingerprint density at radius 3 is 2.72 bits per heavy atom. The minimum absolute atomic E-state index is 0.328. The molecule has 1 aliphatic rings. The van der Waals surface area contributed by atoms with E-state index in [1.54, 1.807) is 0 Å². The van der Waals surface area contributed by atoms with Gasteiger partial charge in [0.05, 0.1) is 0 Å². The molecule has 1 fully saturated rings. The van der Waals surface area contributed by atoms with E-state index in [2.05, 4.69) is 43.0 Å². The highest BCUT2D eigenvalue weighted by Crippen LogP contribution is 2.24. The summed E-state index contributed by atoms with van der Waals surface area (Å²) in [5.41, 5.74) is 2.74. The average molecular weight is 247 g/mol. The number of rotatable bonds is 5. The highest BCUT2D eigenvalue weighted by Gasteiger charge is 2.23. The Balaban J connectivity index is 1.80. The number of aryl methyl sites for hydroxylation is 1. The van der Waals surface area contributed by atoms with Gasteiger partial charge < -0.3 is 5.11 Å². The van der Waals surface area contributed by atoms with Crippen molar-refractivity contribution in [3.05, 3.63) is 35.4 Å². The Bertz CT molecular complexity index is 360. The van der Waals surface area contributed by atoms with Crippen LogP contribution in [-0.2, 0) is 6.54 Å². The minimum Gasteiger partial charge on any atom is -0.396 e. The molecule has 0 saturated carbocycles. The van der Waals surface area contributed by atoms with E-state index in [1.165, 1.54) is 37.1 Å². The monoisotopic (exact) mass is 247 g/mol. The predicted molar refractivity (Wildman–Crippen MR) is 75.4 cm³/mol. The van der Waals surface area contributed by atoms with Crippen molar-refractivity contribution in [2.24, 2.45) is 11.8 Å². The summed E-state index contributed by atoms with van der Waals surface area (Å²) in [5, 5.41) is 9.11. The molecule has 0 radical (unpaired) electrons. The molecule has 0 spiro atoms. The van der Waals surface area contributed by atoms with Crippen molar-refractivity contribution in [3.63, 3.8) is 0 Å². The van der Waals surface area contributed by atoms with Gasteiger partial charge in [-0.3, -0.25) is 4.90 Å². The Morgan fingerprint density at radius 1 is 1.33 bits per heavy atom. The van der Waals surface area contributed by atoms with E-state index in [9.17, 15) is 0 Å². The van der Waals surface area contributed by atoms with Crippen LogP contribution < -0.4 is 0 Å². The summed E-state index contributed by atoms with van der Waals surface area (Å²) in [6, 6.07) is 8.85. The van der Waals surface area contributed by atoms with E-state index in [0.717, 1.165) is 12.5 Å². The van der Waals surface area contributed by atoms with Gasteiger partial charge in [-0.25, -0.2) is 0 Å². The molecule has 1 aliphatic heterocycles. The molecule has 1 saturated heterocycles. The summed E-state index contributed by atoms with van der Waals surface area (Å²) >= 11 is 0. The fourth-order valence-corrected chi connectivity index (χ4v) is 2.84. The standard InChI is InChI=1S/C16H25NO/c1-13-3-5-15(6-4-13)10-17-8-7-16(11-17)9-14(2)12-18/h3-6,14,16,18H,7-12H2,1-2H3. The van der Waals surface area contributed by atoms with Crippen molar-refractivity contribution in [2.45, 2.75) is 33.2 Å². The predicted octanol–water partition coefficient (Wildman–Crippen LogP) is 2.84. The van der Waals surface area contributed by atoms with Gasteiger partial charge in [0, 0.05) is 19.7 Å². The van der Waals surface area contributed by atoms with Crippen molar-refractivity contribution in [2.75, 3.05) is 19.7 Å². The molecule has 2 nitrogen and oxygen atoms in total. The lowest BCUT2D eigenvalue weighted by Gasteiger charge is -2.17. The van der Waals surface area contributed by atoms with Gasteiger partial charge in [0.1, 0.15) is 0 Å². The van der Waals surface area contributed by atoms with Gasteiger partial charge in [0.15, 0.2) is 0 Å². The maximum Gasteiger partial charge on any atom is 0.0456 e. The fraction of sp³-hybridized carbons (Fsp3) is 0.625. The van der Waals surface area contributed by atoms with Crippen LogP contribution in [0.15, 0.2) is 24.3 Å². The zero-order valence-electron chi connectivity index (χ0n) is 11.6. The largest absolute Gasteiger partial charge is 0.396 e. The third-order valence-corrected chi connectivity index (χ3v) is 3.94. The molecule has 2 unspecified atom stereocenters. The number of hydrogen-bond donors (Lipinski definition) is 1. The molecular weight excluding hydrogens is 222 g/mol. The average Bonchev–Trinajstić information content (AvgIpc) is 2.79. The van der Waals surface area contributed by atoms with Crippen LogP contribution in [0.25, 0.3) is 0 Å². The van der Waals surface area contributed by atoms with Crippen molar-refractivity contribution >= 4 is 0 Å². The molecule has 2 rings (SSSR count). The third kappa shape index (κ3) is 3.82. The Hall–Kier alpha value is -0.860. The van der Waals surface area contributed by atoms with Gasteiger partial charge in [-0.15, -0.1) is 0 Å². The zero-order chi connectivity index (χ0) is 13.0. The number of likely N-dealkylation sites (tertiary alicyclic amines) is 1. The van der Waals surface area contributed by atoms with Crippen LogP contribution in [-0.4, -0.2) is 29.7 Å². The van der Waals surface area contributed by atoms with Crippen LogP contribution >= 0.6 is 0 Å². The molecule has 0 amide bonds. The molecule has 1 heterocycles. The molecule has 0 aliphatic carbocycles. The van der Waals surface area contributed by atoms with Crippen LogP contribution in [0.3, 0.4) is 0 Å². The summed E-state index contributed by atoms with van der Waals surface area (Å²) in [5.74, 6) is 1.23. The Morgan fingerprint density at radius 2 is 2.06 bits per heavy atom. The van der Waals surface area contributed by atoms with Gasteiger partial charge in [0.2, 0.25) is 0 Å². The van der Waals surface area contributed by atoms with E-state index in [-0.39, 0.29) is 0 Å². The molecule has 0 bridgehead atoms. The highest BCUT2D eigenvalue weighted by atomic mass is 16.3. The first-order valence-electron chi connectivity index (χ1n) is 7.06. The molecule has 0 aromatic heterocycles. The van der Waals surface area contributed by atoms with Crippen molar-refractivity contribution in [1.82, 2.24) is 4.90 Å². The summed E-state index contributed by atoms with van der Waals surface area (Å²) in [4.78, 5) is 2.54. The van der Waals surface area contributed by atoms with Crippen LogP contribution in [0.1, 0.15) is 30.9 Å². The SMILES string of the molecule is Cc1ccc(CN2CCC(CC(C)CO)C2)cc1. The lowest BCUT2D eigenvalue weighted by molar-refractivity contribution is 0.210. The smallest absolute Gasteiger partial charge is 0.0456 e. The quantitative estimate of drug-likeness (QED) is 0.865. The first-order chi connectivity index (χ1) is 8.67. The van der Waals surface area contributed by atoms with Gasteiger partial charge >= 0.3 is 0 Å². The summed E-state index contributed by atoms with van der Waals surface area (Å²) < 4.78 is 0. The molecule has 18 heavy (non-hydrogen) atoms. The Kier molecular flexibility index (Phi) is 4.79. The Labute approximate surface area is 111 Å². The molecule has 1 aromatic carbocycles. The highest BCUT2D eigenvalue weighted by molar-refractivity contribution is 5.21. The van der Waals surface area contributed by atoms with Gasteiger partial charge in [0.25, 0.3) is 0 Å². The van der Waals surface area contributed by atoms with Gasteiger partial charge in [-0.05, 0) is 43.7 Å². The van der Waals surface area contributed by atoms with Crippen LogP contribution in [0, 0.1) is 18.8 Å². The molecule has 100 valence electrons. The van der Waals surface area contributed by atoms with E-state index in [4.69, 9.17) is 5.11 Å². The van der Waals surface area contributed by atoms with Gasteiger partial charge in [-0.1, -0.05) is 36.8 Å². The third-order valence-electron chi connectivity index (χ3n) is 3.94. The fourth-order valence-electron chi connectivity index (χ4n) is 2.84. The normalized spacial score (nSPS) is 22.3. The van der Waals surface area contributed by atoms with E-state index >= 15 is 0 Å². The number of nitrogens with zero attached hydrogens (tertiary/aromatic N) is 1. The number of aliphatic hydroxyl groups is 1. The summed E-state index contributed by atoms with van der Waals surface area (Å²) in [6.45, 7) is 8.07. The van der Waals surface area contributed by atoms with E-state index in [1.807, 2.05) is 0 Å². The summed E-state index contributed by atoms with van der Waals surface area (Å²) in [6.07, 6.45) is 2.46. The zero-order valence-corrected chi connectivity index (χ0v) is 11.6. The molecule has 1 aromatic rings.